The van der Waals surface area contributed by atoms with Gasteiger partial charge in [0.05, 0.1) is 0 Å². The van der Waals surface area contributed by atoms with E-state index in [1.54, 1.807) is 6.08 Å². The molecule has 1 heterocycles. The van der Waals surface area contributed by atoms with Gasteiger partial charge < -0.3 is 10.1 Å². The molecule has 3 amide bonds. The van der Waals surface area contributed by atoms with E-state index in [-0.39, 0.29) is 11.9 Å². The van der Waals surface area contributed by atoms with E-state index in [1.165, 1.54) is 8.47 Å². The van der Waals surface area contributed by atoms with Crippen LogP contribution < -0.4 is 10.1 Å². The Labute approximate surface area is 166 Å². The summed E-state index contributed by atoms with van der Waals surface area (Å²) in [6.45, 7) is 2.85. The van der Waals surface area contributed by atoms with Crippen molar-refractivity contribution in [1.82, 2.24) is 10.2 Å². The number of nitrogens with zero attached hydrogens (tertiary/aromatic N) is 1. The molecule has 1 fully saturated rings. The summed E-state index contributed by atoms with van der Waals surface area (Å²) in [5.74, 6) is 0.468. The largest absolute Gasteiger partial charge is 0.489 e. The lowest BCUT2D eigenvalue weighted by molar-refractivity contribution is -0.122. The molecular weight excluding hydrogens is 443 g/mol. The number of benzene rings is 2. The predicted octanol–water partition coefficient (Wildman–Crippen LogP) is 4.17. The fraction of sp³-hybridized carbons (Fsp3) is 0.200. The molecule has 1 aliphatic heterocycles. The molecular formula is C20H19IN2O3. The smallest absolute Gasteiger partial charge is 0.329 e. The molecule has 3 rings (SSSR count). The molecule has 1 aliphatic rings. The van der Waals surface area contributed by atoms with E-state index in [9.17, 15) is 9.59 Å². The van der Waals surface area contributed by atoms with E-state index in [0.29, 0.717) is 18.8 Å². The van der Waals surface area contributed by atoms with Crippen LogP contribution in [-0.4, -0.2) is 23.4 Å². The van der Waals surface area contributed by atoms with Gasteiger partial charge in [-0.1, -0.05) is 31.2 Å². The molecule has 1 N–H and O–H groups in total. The Morgan fingerprint density at radius 2 is 1.77 bits per heavy atom. The Bertz CT molecular complexity index is 829. The molecule has 0 unspecified atom stereocenters. The molecule has 26 heavy (non-hydrogen) atoms. The Kier molecular flexibility index (Phi) is 5.92. The van der Waals surface area contributed by atoms with Gasteiger partial charge in [0.15, 0.2) is 0 Å². The van der Waals surface area contributed by atoms with Gasteiger partial charge in [-0.15, -0.1) is 0 Å². The summed E-state index contributed by atoms with van der Waals surface area (Å²) in [6.07, 6.45) is 2.41. The fourth-order valence-electron chi connectivity index (χ4n) is 2.57. The minimum atomic E-state index is -0.361. The van der Waals surface area contributed by atoms with Gasteiger partial charge in [-0.2, -0.15) is 0 Å². The van der Waals surface area contributed by atoms with Crippen molar-refractivity contribution in [2.45, 2.75) is 20.0 Å². The highest BCUT2D eigenvalue weighted by Crippen LogP contribution is 2.18. The van der Waals surface area contributed by atoms with E-state index in [4.69, 9.17) is 4.74 Å². The number of imide groups is 1. The van der Waals surface area contributed by atoms with Crippen molar-refractivity contribution in [3.05, 3.63) is 68.9 Å². The summed E-state index contributed by atoms with van der Waals surface area (Å²) in [5.41, 5.74) is 2.23. The fourth-order valence-corrected chi connectivity index (χ4v) is 2.93. The molecule has 134 valence electrons. The number of halogens is 1. The van der Waals surface area contributed by atoms with Crippen molar-refractivity contribution in [1.29, 1.82) is 0 Å². The first-order valence-electron chi connectivity index (χ1n) is 8.38. The Hall–Kier alpha value is -2.35. The van der Waals surface area contributed by atoms with Gasteiger partial charge in [0.1, 0.15) is 18.1 Å². The zero-order valence-corrected chi connectivity index (χ0v) is 16.5. The topological polar surface area (TPSA) is 58.6 Å². The van der Waals surface area contributed by atoms with Crippen molar-refractivity contribution in [2.24, 2.45) is 0 Å². The Morgan fingerprint density at radius 1 is 1.08 bits per heavy atom. The molecule has 5 nitrogen and oxygen atoms in total. The first-order valence-corrected chi connectivity index (χ1v) is 9.46. The summed E-state index contributed by atoms with van der Waals surface area (Å²) in [5, 5.41) is 2.62. The van der Waals surface area contributed by atoms with E-state index >= 15 is 0 Å². The van der Waals surface area contributed by atoms with Crippen LogP contribution in [0.3, 0.4) is 0 Å². The summed E-state index contributed by atoms with van der Waals surface area (Å²) in [4.78, 5) is 25.2. The molecule has 2 aromatic carbocycles. The molecule has 6 heteroatoms. The van der Waals surface area contributed by atoms with Gasteiger partial charge in [0.25, 0.3) is 5.91 Å². The van der Waals surface area contributed by atoms with Crippen LogP contribution >= 0.6 is 22.6 Å². The number of nitrogens with one attached hydrogen (secondary N) is 1. The van der Waals surface area contributed by atoms with Crippen LogP contribution in [0.2, 0.25) is 0 Å². The van der Waals surface area contributed by atoms with Gasteiger partial charge in [-0.3, -0.25) is 9.69 Å². The second-order valence-corrected chi connectivity index (χ2v) is 7.17. The number of urea groups is 1. The van der Waals surface area contributed by atoms with Crippen LogP contribution in [-0.2, 0) is 11.4 Å². The van der Waals surface area contributed by atoms with Crippen LogP contribution in [0.25, 0.3) is 6.08 Å². The number of hydrogen-bond acceptors (Lipinski definition) is 3. The maximum atomic E-state index is 12.2. The third-order valence-electron chi connectivity index (χ3n) is 3.92. The number of amides is 3. The van der Waals surface area contributed by atoms with E-state index in [0.717, 1.165) is 23.3 Å². The maximum absolute atomic E-state index is 12.2. The molecule has 0 aliphatic carbocycles. The lowest BCUT2D eigenvalue weighted by Crippen LogP contribution is -2.31. The SMILES string of the molecule is CCCN1C(=O)N/C(=C/c2ccc(OCc3ccc(I)cc3)cc2)C1=O. The summed E-state index contributed by atoms with van der Waals surface area (Å²) in [7, 11) is 0. The second kappa shape index (κ2) is 8.35. The lowest BCUT2D eigenvalue weighted by Gasteiger charge is -2.08. The number of ether oxygens (including phenoxy) is 1. The number of rotatable bonds is 6. The summed E-state index contributed by atoms with van der Waals surface area (Å²) in [6, 6.07) is 15.2. The third kappa shape index (κ3) is 4.43. The molecule has 0 atom stereocenters. The van der Waals surface area contributed by atoms with Crippen molar-refractivity contribution in [3.63, 3.8) is 0 Å². The van der Waals surface area contributed by atoms with Crippen LogP contribution in [0.5, 0.6) is 5.75 Å². The van der Waals surface area contributed by atoms with Gasteiger partial charge in [0.2, 0.25) is 0 Å². The molecule has 0 saturated carbocycles. The minimum absolute atomic E-state index is 0.282. The molecule has 0 bridgehead atoms. The molecule has 0 radical (unpaired) electrons. The van der Waals surface area contributed by atoms with E-state index < -0.39 is 0 Å². The maximum Gasteiger partial charge on any atom is 0.329 e. The number of carbonyl (C=O) groups excluding carboxylic acids is 2. The van der Waals surface area contributed by atoms with Crippen molar-refractivity contribution >= 4 is 40.6 Å². The number of hydrogen-bond donors (Lipinski definition) is 1. The zero-order chi connectivity index (χ0) is 18.5. The molecule has 2 aromatic rings. The standard InChI is InChI=1S/C20H19IN2O3/c1-2-11-23-19(24)18(22-20(23)25)12-14-5-9-17(10-6-14)26-13-15-3-7-16(21)8-4-15/h3-10,12H,2,11,13H2,1H3,(H,22,25)/b18-12+. The highest BCUT2D eigenvalue weighted by atomic mass is 127. The van der Waals surface area contributed by atoms with Crippen LogP contribution in [0.15, 0.2) is 54.2 Å². The normalized spacial score (nSPS) is 15.5. The Morgan fingerprint density at radius 3 is 2.42 bits per heavy atom. The average molecular weight is 462 g/mol. The van der Waals surface area contributed by atoms with E-state index in [2.05, 4.69) is 27.9 Å². The van der Waals surface area contributed by atoms with Gasteiger partial charge in [-0.25, -0.2) is 4.79 Å². The van der Waals surface area contributed by atoms with Gasteiger partial charge in [-0.05, 0) is 70.5 Å². The minimum Gasteiger partial charge on any atom is -0.489 e. The molecule has 1 saturated heterocycles. The van der Waals surface area contributed by atoms with Gasteiger partial charge in [0, 0.05) is 10.1 Å². The monoisotopic (exact) mass is 462 g/mol. The number of carbonyl (C=O) groups is 2. The molecule has 0 spiro atoms. The van der Waals surface area contributed by atoms with Crippen molar-refractivity contribution in [3.8, 4) is 5.75 Å². The second-order valence-electron chi connectivity index (χ2n) is 5.93. The quantitative estimate of drug-likeness (QED) is 0.398. The van der Waals surface area contributed by atoms with Crippen LogP contribution in [0, 0.1) is 3.57 Å². The third-order valence-corrected chi connectivity index (χ3v) is 4.64. The summed E-state index contributed by atoms with van der Waals surface area (Å²) >= 11 is 2.27. The van der Waals surface area contributed by atoms with Gasteiger partial charge >= 0.3 is 6.03 Å². The zero-order valence-electron chi connectivity index (χ0n) is 14.4. The first-order chi connectivity index (χ1) is 12.6. The molecule has 0 aromatic heterocycles. The highest BCUT2D eigenvalue weighted by Gasteiger charge is 2.32. The predicted molar refractivity (Wildman–Crippen MR) is 108 cm³/mol. The lowest BCUT2D eigenvalue weighted by atomic mass is 10.2. The van der Waals surface area contributed by atoms with Crippen molar-refractivity contribution < 1.29 is 14.3 Å². The Balaban J connectivity index is 1.63. The highest BCUT2D eigenvalue weighted by molar-refractivity contribution is 14.1. The first kappa shape index (κ1) is 18.4. The van der Waals surface area contributed by atoms with Crippen molar-refractivity contribution in [2.75, 3.05) is 6.54 Å². The van der Waals surface area contributed by atoms with Crippen LogP contribution in [0.4, 0.5) is 4.79 Å². The average Bonchev–Trinajstić information content (AvgIpc) is 2.90. The van der Waals surface area contributed by atoms with Crippen LogP contribution in [0.1, 0.15) is 24.5 Å². The van der Waals surface area contributed by atoms with E-state index in [1.807, 2.05) is 55.5 Å². The summed E-state index contributed by atoms with van der Waals surface area (Å²) < 4.78 is 6.97.